The van der Waals surface area contributed by atoms with E-state index in [1.54, 1.807) is 0 Å². The first-order valence-corrected chi connectivity index (χ1v) is 5.90. The van der Waals surface area contributed by atoms with E-state index in [-0.39, 0.29) is 21.9 Å². The number of rotatable bonds is 1. The van der Waals surface area contributed by atoms with Crippen LogP contribution in [0.25, 0.3) is 0 Å². The molecule has 16 heavy (non-hydrogen) atoms. The van der Waals surface area contributed by atoms with Crippen molar-refractivity contribution in [3.8, 4) is 6.07 Å². The highest BCUT2D eigenvalue weighted by Gasteiger charge is 2.34. The number of carbonyl (C=O) groups excluding carboxylic acids is 1. The minimum atomic E-state index is -0.384. The molecule has 1 aliphatic heterocycles. The van der Waals surface area contributed by atoms with Crippen LogP contribution in [0, 0.1) is 11.3 Å². The third-order valence-electron chi connectivity index (χ3n) is 1.83. The molecule has 0 atom stereocenters. The fourth-order valence-electron chi connectivity index (χ4n) is 1.30. The van der Waals surface area contributed by atoms with Crippen LogP contribution in [0.3, 0.4) is 0 Å². The van der Waals surface area contributed by atoms with Gasteiger partial charge in [-0.05, 0) is 34.6 Å². The smallest absolute Gasteiger partial charge is 0.265 e. The van der Waals surface area contributed by atoms with Gasteiger partial charge in [0.1, 0.15) is 11.6 Å². The van der Waals surface area contributed by atoms with E-state index in [1.165, 1.54) is 11.8 Å². The van der Waals surface area contributed by atoms with E-state index in [2.05, 4.69) is 10.6 Å². The van der Waals surface area contributed by atoms with Crippen molar-refractivity contribution < 1.29 is 4.79 Å². The molecule has 2 N–H and O–H groups in total. The first-order valence-electron chi connectivity index (χ1n) is 5.09. The minimum Gasteiger partial charge on any atom is -0.374 e. The molecular weight excluding hydrogens is 222 g/mol. The molecule has 0 unspecified atom stereocenters. The molecule has 0 bridgehead atoms. The Bertz CT molecular complexity index is 385. The second kappa shape index (κ2) is 4.02. The van der Waals surface area contributed by atoms with Gasteiger partial charge in [0.2, 0.25) is 0 Å². The predicted octanol–water partition coefficient (Wildman–Crippen LogP) is 1.71. The topological polar surface area (TPSA) is 64.9 Å². The van der Waals surface area contributed by atoms with E-state index in [0.29, 0.717) is 5.03 Å². The Balaban J connectivity index is 3.09. The normalized spacial score (nSPS) is 20.1. The Morgan fingerprint density at radius 3 is 2.44 bits per heavy atom. The Kier molecular flexibility index (Phi) is 3.25. The molecule has 0 aromatic carbocycles. The Morgan fingerprint density at radius 1 is 1.44 bits per heavy atom. The van der Waals surface area contributed by atoms with Crippen molar-refractivity contribution in [2.75, 3.05) is 0 Å². The van der Waals surface area contributed by atoms with Crippen LogP contribution in [-0.2, 0) is 4.79 Å². The molecule has 0 aromatic rings. The highest BCUT2D eigenvalue weighted by molar-refractivity contribution is 8.04. The molecule has 0 fully saturated rings. The number of carbonyl (C=O) groups is 1. The summed E-state index contributed by atoms with van der Waals surface area (Å²) in [7, 11) is 0. The second-order valence-electron chi connectivity index (χ2n) is 5.26. The van der Waals surface area contributed by atoms with Crippen LogP contribution in [-0.4, -0.2) is 16.3 Å². The molecule has 0 aliphatic carbocycles. The van der Waals surface area contributed by atoms with Crippen LogP contribution in [0.5, 0.6) is 0 Å². The summed E-state index contributed by atoms with van der Waals surface area (Å²) in [6.45, 7) is 9.81. The molecule has 88 valence electrons. The number of nitrogens with one attached hydrogen (secondary N) is 2. The molecule has 0 radical (unpaired) electrons. The van der Waals surface area contributed by atoms with Crippen LogP contribution in [0.4, 0.5) is 0 Å². The molecule has 0 aromatic heterocycles. The fourth-order valence-corrected chi connectivity index (χ4v) is 2.55. The average Bonchev–Trinajstić information content (AvgIpc) is 1.97. The summed E-state index contributed by atoms with van der Waals surface area (Å²) in [5.41, 5.74) is -0.00255. The molecule has 5 heteroatoms. The second-order valence-corrected chi connectivity index (χ2v) is 6.89. The van der Waals surface area contributed by atoms with Crippen LogP contribution < -0.4 is 10.6 Å². The summed E-state index contributed by atoms with van der Waals surface area (Å²) < 4.78 is 0. The van der Waals surface area contributed by atoms with Gasteiger partial charge in [-0.1, -0.05) is 11.8 Å². The number of hydrogen-bond acceptors (Lipinski definition) is 4. The van der Waals surface area contributed by atoms with Crippen LogP contribution in [0.15, 0.2) is 10.6 Å². The monoisotopic (exact) mass is 239 g/mol. The van der Waals surface area contributed by atoms with Gasteiger partial charge in [0.05, 0.1) is 9.90 Å². The lowest BCUT2D eigenvalue weighted by Gasteiger charge is -2.34. The molecule has 1 aliphatic rings. The summed E-state index contributed by atoms with van der Waals surface area (Å²) in [4.78, 5) is 11.3. The van der Waals surface area contributed by atoms with Crippen molar-refractivity contribution in [1.29, 1.82) is 5.26 Å². The van der Waals surface area contributed by atoms with Gasteiger partial charge >= 0.3 is 0 Å². The van der Waals surface area contributed by atoms with E-state index >= 15 is 0 Å². The Morgan fingerprint density at radius 2 is 2.00 bits per heavy atom. The molecule has 1 amide bonds. The first kappa shape index (κ1) is 12.9. The zero-order chi connectivity index (χ0) is 12.6. The first-order chi connectivity index (χ1) is 7.14. The van der Waals surface area contributed by atoms with Crippen molar-refractivity contribution in [1.82, 2.24) is 10.6 Å². The number of amides is 1. The van der Waals surface area contributed by atoms with Crippen molar-refractivity contribution in [2.24, 2.45) is 0 Å². The Hall–Kier alpha value is -1.15. The maximum atomic E-state index is 11.7. The van der Waals surface area contributed by atoms with E-state index in [0.717, 1.165) is 0 Å². The van der Waals surface area contributed by atoms with Gasteiger partial charge in [0, 0.05) is 5.54 Å². The largest absolute Gasteiger partial charge is 0.374 e. The quantitative estimate of drug-likeness (QED) is 0.731. The lowest BCUT2D eigenvalue weighted by Crippen LogP contribution is -2.48. The van der Waals surface area contributed by atoms with Gasteiger partial charge in [-0.2, -0.15) is 5.26 Å². The lowest BCUT2D eigenvalue weighted by atomic mass is 10.1. The van der Waals surface area contributed by atoms with Crippen molar-refractivity contribution in [2.45, 2.75) is 45.0 Å². The lowest BCUT2D eigenvalue weighted by molar-refractivity contribution is -0.118. The third-order valence-corrected chi connectivity index (χ3v) is 2.95. The zero-order valence-electron chi connectivity index (χ0n) is 10.3. The van der Waals surface area contributed by atoms with Crippen LogP contribution in [0.1, 0.15) is 34.6 Å². The SMILES string of the molecule is CC(C)(C)NC1=C(C#N)C(=O)NC(C)(C)S1. The standard InChI is InChI=1S/C11H17N3OS/c1-10(2,3)14-9-7(6-12)8(15)13-11(4,5)16-9/h14H,1-5H3,(H,13,15). The number of thioether (sulfide) groups is 1. The van der Waals surface area contributed by atoms with E-state index < -0.39 is 0 Å². The van der Waals surface area contributed by atoms with Crippen molar-refractivity contribution in [3.63, 3.8) is 0 Å². The summed E-state index contributed by atoms with van der Waals surface area (Å²) in [5, 5.41) is 15.6. The van der Waals surface area contributed by atoms with Crippen molar-refractivity contribution in [3.05, 3.63) is 10.6 Å². The summed E-state index contributed by atoms with van der Waals surface area (Å²) in [6.07, 6.45) is 0. The summed E-state index contributed by atoms with van der Waals surface area (Å²) in [5.74, 6) is -0.307. The molecular formula is C11H17N3OS. The number of hydrogen-bond donors (Lipinski definition) is 2. The molecule has 0 spiro atoms. The fraction of sp³-hybridized carbons (Fsp3) is 0.636. The van der Waals surface area contributed by atoms with Gasteiger partial charge in [-0.15, -0.1) is 0 Å². The highest BCUT2D eigenvalue weighted by atomic mass is 32.2. The van der Waals surface area contributed by atoms with E-state index in [1.807, 2.05) is 40.7 Å². The zero-order valence-corrected chi connectivity index (χ0v) is 11.1. The van der Waals surface area contributed by atoms with Crippen LogP contribution in [0.2, 0.25) is 0 Å². The third kappa shape index (κ3) is 3.17. The molecule has 4 nitrogen and oxygen atoms in total. The van der Waals surface area contributed by atoms with Gasteiger partial charge in [-0.25, -0.2) is 0 Å². The Labute approximate surface area is 100 Å². The molecule has 0 saturated carbocycles. The predicted molar refractivity (Wildman–Crippen MR) is 65.3 cm³/mol. The highest BCUT2D eigenvalue weighted by Crippen LogP contribution is 2.34. The number of nitrogens with zero attached hydrogens (tertiary/aromatic N) is 1. The average molecular weight is 239 g/mol. The van der Waals surface area contributed by atoms with Crippen molar-refractivity contribution >= 4 is 17.7 Å². The van der Waals surface area contributed by atoms with Crippen LogP contribution >= 0.6 is 11.8 Å². The van der Waals surface area contributed by atoms with Gasteiger partial charge in [0.25, 0.3) is 5.91 Å². The van der Waals surface area contributed by atoms with E-state index in [9.17, 15) is 4.79 Å². The maximum absolute atomic E-state index is 11.7. The maximum Gasteiger partial charge on any atom is 0.265 e. The minimum absolute atomic E-state index is 0.166. The van der Waals surface area contributed by atoms with Gasteiger partial charge in [0.15, 0.2) is 0 Å². The van der Waals surface area contributed by atoms with E-state index in [4.69, 9.17) is 5.26 Å². The molecule has 1 heterocycles. The van der Waals surface area contributed by atoms with Gasteiger partial charge < -0.3 is 10.6 Å². The van der Waals surface area contributed by atoms with Gasteiger partial charge in [-0.3, -0.25) is 4.79 Å². The molecule has 0 saturated heterocycles. The summed E-state index contributed by atoms with van der Waals surface area (Å²) >= 11 is 1.47. The number of nitriles is 1. The molecule has 1 rings (SSSR count). The summed E-state index contributed by atoms with van der Waals surface area (Å²) in [6, 6.07) is 1.95.